The number of nitro groups is 1. The lowest BCUT2D eigenvalue weighted by Crippen LogP contribution is -2.25. The zero-order valence-corrected chi connectivity index (χ0v) is 19.4. The molecule has 1 aliphatic heterocycles. The van der Waals surface area contributed by atoms with Crippen molar-refractivity contribution >= 4 is 23.2 Å². The number of likely N-dealkylation sites (tertiary alicyclic amines) is 1. The highest BCUT2D eigenvalue weighted by Gasteiger charge is 2.32. The maximum absolute atomic E-state index is 12.8. The Morgan fingerprint density at radius 3 is 2.62 bits per heavy atom. The average molecular weight is 468 g/mol. The second-order valence-corrected chi connectivity index (χ2v) is 8.89. The van der Waals surface area contributed by atoms with E-state index in [0.29, 0.717) is 35.7 Å². The van der Waals surface area contributed by atoms with Crippen molar-refractivity contribution in [3.8, 4) is 11.5 Å². The Hall–Kier alpha value is -3.62. The molecule has 34 heavy (non-hydrogen) atoms. The topological polar surface area (TPSA) is 111 Å². The number of rotatable bonds is 8. The molecule has 1 N–H and O–H groups in total. The Morgan fingerprint density at radius 1 is 1.18 bits per heavy atom. The highest BCUT2D eigenvalue weighted by molar-refractivity contribution is 5.90. The van der Waals surface area contributed by atoms with E-state index in [2.05, 4.69) is 5.32 Å². The van der Waals surface area contributed by atoms with Gasteiger partial charge in [-0.15, -0.1) is 0 Å². The molecule has 180 valence electrons. The summed E-state index contributed by atoms with van der Waals surface area (Å²) in [5, 5.41) is 13.8. The van der Waals surface area contributed by atoms with Gasteiger partial charge in [0.1, 0.15) is 0 Å². The minimum atomic E-state index is -0.513. The van der Waals surface area contributed by atoms with Crippen LogP contribution in [-0.4, -0.2) is 41.4 Å². The highest BCUT2D eigenvalue weighted by atomic mass is 16.6. The maximum Gasteiger partial charge on any atom is 0.271 e. The van der Waals surface area contributed by atoms with Crippen molar-refractivity contribution in [2.75, 3.05) is 19.0 Å². The average Bonchev–Trinajstić information content (AvgIpc) is 3.44. The fourth-order valence-electron chi connectivity index (χ4n) is 4.70. The van der Waals surface area contributed by atoms with Crippen LogP contribution in [0.1, 0.15) is 56.1 Å². The van der Waals surface area contributed by atoms with Gasteiger partial charge in [0.25, 0.3) is 5.69 Å². The third kappa shape index (κ3) is 5.30. The van der Waals surface area contributed by atoms with E-state index < -0.39 is 4.92 Å². The minimum absolute atomic E-state index is 0.00778. The van der Waals surface area contributed by atoms with Gasteiger partial charge in [0.2, 0.25) is 11.8 Å². The zero-order chi connectivity index (χ0) is 24.2. The molecule has 1 saturated heterocycles. The summed E-state index contributed by atoms with van der Waals surface area (Å²) >= 11 is 0. The maximum atomic E-state index is 12.8. The first-order chi connectivity index (χ1) is 16.3. The molecule has 1 heterocycles. The van der Waals surface area contributed by atoms with E-state index in [1.807, 2.05) is 18.2 Å². The van der Waals surface area contributed by atoms with Crippen molar-refractivity contribution in [1.82, 2.24) is 4.90 Å². The van der Waals surface area contributed by atoms with Crippen molar-refractivity contribution in [2.45, 2.75) is 57.6 Å². The van der Waals surface area contributed by atoms with Crippen LogP contribution in [0.4, 0.5) is 11.4 Å². The molecule has 1 aliphatic carbocycles. The van der Waals surface area contributed by atoms with Crippen LogP contribution in [-0.2, 0) is 16.1 Å². The lowest BCUT2D eigenvalue weighted by Gasteiger charge is -2.20. The van der Waals surface area contributed by atoms with Crippen molar-refractivity contribution in [3.05, 3.63) is 57.6 Å². The van der Waals surface area contributed by atoms with Crippen molar-refractivity contribution in [2.24, 2.45) is 0 Å². The van der Waals surface area contributed by atoms with Gasteiger partial charge >= 0.3 is 0 Å². The second-order valence-electron chi connectivity index (χ2n) is 8.89. The summed E-state index contributed by atoms with van der Waals surface area (Å²) in [4.78, 5) is 36.8. The fourth-order valence-corrected chi connectivity index (χ4v) is 4.70. The van der Waals surface area contributed by atoms with Crippen molar-refractivity contribution in [1.29, 1.82) is 0 Å². The summed E-state index contributed by atoms with van der Waals surface area (Å²) < 4.78 is 11.7. The van der Waals surface area contributed by atoms with Gasteiger partial charge < -0.3 is 19.7 Å². The Labute approximate surface area is 198 Å². The monoisotopic (exact) mass is 467 g/mol. The van der Waals surface area contributed by atoms with E-state index >= 15 is 0 Å². The first kappa shape index (κ1) is 23.5. The Kier molecular flexibility index (Phi) is 7.00. The van der Waals surface area contributed by atoms with E-state index in [-0.39, 0.29) is 36.1 Å². The predicted octanol–water partition coefficient (Wildman–Crippen LogP) is 4.40. The number of amides is 2. The molecular weight excluding hydrogens is 438 g/mol. The standard InChI is InChI=1S/C25H29N3O6/c1-16(29)26-22-13-20(28(31)32)9-7-18(22)14-27-15-19(12-25(27)30)17-8-10-23(33-2)24(11-17)34-21-5-3-4-6-21/h7-11,13,19,21H,3-6,12,14-15H2,1-2H3,(H,26,29). The number of ether oxygens (including phenoxy) is 2. The lowest BCUT2D eigenvalue weighted by molar-refractivity contribution is -0.384. The fraction of sp³-hybridized carbons (Fsp3) is 0.440. The van der Waals surface area contributed by atoms with Crippen LogP contribution in [0.25, 0.3) is 0 Å². The zero-order valence-electron chi connectivity index (χ0n) is 19.4. The summed E-state index contributed by atoms with van der Waals surface area (Å²) in [6, 6.07) is 10.1. The van der Waals surface area contributed by atoms with E-state index in [1.165, 1.54) is 31.9 Å². The normalized spacial score (nSPS) is 18.2. The number of hydrogen-bond acceptors (Lipinski definition) is 6. The molecule has 2 amide bonds. The number of nitrogens with zero attached hydrogens (tertiary/aromatic N) is 2. The Morgan fingerprint density at radius 2 is 1.94 bits per heavy atom. The Bertz CT molecular complexity index is 1100. The molecule has 0 spiro atoms. The van der Waals surface area contributed by atoms with Gasteiger partial charge in [-0.1, -0.05) is 6.07 Å². The number of benzene rings is 2. The van der Waals surface area contributed by atoms with Crippen molar-refractivity contribution < 1.29 is 24.0 Å². The molecule has 9 nitrogen and oxygen atoms in total. The number of nitrogens with one attached hydrogen (secondary N) is 1. The van der Waals surface area contributed by atoms with Gasteiger partial charge in [-0.05, 0) is 55.0 Å². The number of carbonyl (C=O) groups is 2. The van der Waals surface area contributed by atoms with Crippen LogP contribution in [0, 0.1) is 10.1 Å². The van der Waals surface area contributed by atoms with Crippen LogP contribution in [0.3, 0.4) is 0 Å². The van der Waals surface area contributed by atoms with Gasteiger partial charge in [0, 0.05) is 44.5 Å². The molecule has 2 aliphatic rings. The lowest BCUT2D eigenvalue weighted by atomic mass is 9.98. The molecular formula is C25H29N3O6. The predicted molar refractivity (Wildman–Crippen MR) is 126 cm³/mol. The van der Waals surface area contributed by atoms with Crippen LogP contribution in [0.15, 0.2) is 36.4 Å². The van der Waals surface area contributed by atoms with Crippen LogP contribution >= 0.6 is 0 Å². The number of anilines is 1. The first-order valence-corrected chi connectivity index (χ1v) is 11.5. The van der Waals surface area contributed by atoms with Crippen LogP contribution in [0.2, 0.25) is 0 Å². The third-order valence-corrected chi connectivity index (χ3v) is 6.45. The molecule has 2 aromatic carbocycles. The molecule has 4 rings (SSSR count). The summed E-state index contributed by atoms with van der Waals surface area (Å²) in [6.07, 6.45) is 4.96. The largest absolute Gasteiger partial charge is 0.493 e. The van der Waals surface area contributed by atoms with Gasteiger partial charge in [-0.2, -0.15) is 0 Å². The molecule has 2 aromatic rings. The SMILES string of the molecule is COc1ccc(C2CC(=O)N(Cc3ccc([N+](=O)[O-])cc3NC(C)=O)C2)cc1OC1CCCC1. The summed E-state index contributed by atoms with van der Waals surface area (Å²) in [7, 11) is 1.62. The highest BCUT2D eigenvalue weighted by Crippen LogP contribution is 2.37. The van der Waals surface area contributed by atoms with E-state index in [1.54, 1.807) is 18.1 Å². The summed E-state index contributed by atoms with van der Waals surface area (Å²) in [5.74, 6) is 1.04. The van der Waals surface area contributed by atoms with E-state index in [9.17, 15) is 19.7 Å². The molecule has 0 aromatic heterocycles. The smallest absolute Gasteiger partial charge is 0.271 e. The molecule has 1 saturated carbocycles. The third-order valence-electron chi connectivity index (χ3n) is 6.45. The number of carbonyl (C=O) groups excluding carboxylic acids is 2. The number of non-ortho nitro benzene ring substituents is 1. The number of nitro benzene ring substituents is 1. The first-order valence-electron chi connectivity index (χ1n) is 11.5. The Balaban J connectivity index is 1.51. The molecule has 1 unspecified atom stereocenters. The molecule has 0 radical (unpaired) electrons. The van der Waals surface area contributed by atoms with E-state index in [0.717, 1.165) is 18.4 Å². The number of methoxy groups -OCH3 is 1. The van der Waals surface area contributed by atoms with Gasteiger partial charge in [-0.25, -0.2) is 0 Å². The van der Waals surface area contributed by atoms with Crippen molar-refractivity contribution in [3.63, 3.8) is 0 Å². The van der Waals surface area contributed by atoms with Gasteiger partial charge in [0.15, 0.2) is 11.5 Å². The molecule has 9 heteroatoms. The summed E-state index contributed by atoms with van der Waals surface area (Å²) in [6.45, 7) is 2.10. The van der Waals surface area contributed by atoms with Crippen LogP contribution in [0.5, 0.6) is 11.5 Å². The minimum Gasteiger partial charge on any atom is -0.493 e. The molecule has 0 bridgehead atoms. The number of hydrogen-bond donors (Lipinski definition) is 1. The molecule has 1 atom stereocenters. The summed E-state index contributed by atoms with van der Waals surface area (Å²) in [5.41, 5.74) is 1.88. The van der Waals surface area contributed by atoms with Gasteiger partial charge in [0.05, 0.1) is 23.8 Å². The quantitative estimate of drug-likeness (QED) is 0.455. The van der Waals surface area contributed by atoms with Crippen LogP contribution < -0.4 is 14.8 Å². The van der Waals surface area contributed by atoms with E-state index in [4.69, 9.17) is 9.47 Å². The molecule has 2 fully saturated rings. The van der Waals surface area contributed by atoms with Gasteiger partial charge in [-0.3, -0.25) is 19.7 Å². The second kappa shape index (κ2) is 10.1.